The maximum atomic E-state index is 12.8. The van der Waals surface area contributed by atoms with E-state index in [0.717, 1.165) is 0 Å². The van der Waals surface area contributed by atoms with Crippen LogP contribution in [0.1, 0.15) is 19.6 Å². The van der Waals surface area contributed by atoms with Gasteiger partial charge >= 0.3 is 0 Å². The number of allylic oxidation sites excluding steroid dienone is 1. The first-order valence-electron chi connectivity index (χ1n) is 8.42. The second-order valence-electron chi connectivity index (χ2n) is 6.51. The lowest BCUT2D eigenvalue weighted by Gasteiger charge is -2.15. The average molecular weight is 357 g/mol. The zero-order valence-electron chi connectivity index (χ0n) is 15.7. The van der Waals surface area contributed by atoms with Crippen molar-refractivity contribution in [2.75, 3.05) is 21.3 Å². The minimum absolute atomic E-state index is 0.180. The molecule has 0 fully saturated rings. The standard InChI is InChI=1S/C20H23NO5/c1-12(2)6-8-21(3)11-13-10-15(22)16-17(23-4)14-7-9-25-18(14)20(24-5)19(16)26-13/h6-10,12H,11H2,1-5H3/b8-6+. The van der Waals surface area contributed by atoms with Crippen LogP contribution in [0.4, 0.5) is 0 Å². The van der Waals surface area contributed by atoms with Crippen LogP contribution in [0.5, 0.6) is 11.5 Å². The molecule has 0 aliphatic heterocycles. The minimum Gasteiger partial charge on any atom is -0.495 e. The maximum absolute atomic E-state index is 12.8. The van der Waals surface area contributed by atoms with Gasteiger partial charge in [-0.2, -0.15) is 0 Å². The van der Waals surface area contributed by atoms with Crippen molar-refractivity contribution in [2.45, 2.75) is 20.4 Å². The molecule has 1 aromatic carbocycles. The van der Waals surface area contributed by atoms with Crippen LogP contribution in [0.15, 0.2) is 44.3 Å². The number of hydrogen-bond donors (Lipinski definition) is 0. The third-order valence-corrected chi connectivity index (χ3v) is 4.09. The number of nitrogens with zero attached hydrogens (tertiary/aromatic N) is 1. The van der Waals surface area contributed by atoms with Gasteiger partial charge in [-0.3, -0.25) is 4.79 Å². The molecule has 3 rings (SSSR count). The molecule has 3 aromatic rings. The SMILES string of the molecule is COc1c2occc2c(OC)c2c(=O)cc(CN(C)/C=C/C(C)C)oc12. The Morgan fingerprint density at radius 1 is 1.19 bits per heavy atom. The van der Waals surface area contributed by atoms with Gasteiger partial charge in [0.2, 0.25) is 5.75 Å². The van der Waals surface area contributed by atoms with Crippen molar-refractivity contribution in [2.24, 2.45) is 5.92 Å². The third-order valence-electron chi connectivity index (χ3n) is 4.09. The van der Waals surface area contributed by atoms with Crippen LogP contribution in [0.25, 0.3) is 21.9 Å². The van der Waals surface area contributed by atoms with Gasteiger partial charge in [0.1, 0.15) is 16.9 Å². The molecule has 0 radical (unpaired) electrons. The lowest BCUT2D eigenvalue weighted by Crippen LogP contribution is -2.13. The van der Waals surface area contributed by atoms with Gasteiger partial charge in [0.25, 0.3) is 0 Å². The van der Waals surface area contributed by atoms with Gasteiger partial charge in [-0.15, -0.1) is 0 Å². The molecule has 26 heavy (non-hydrogen) atoms. The van der Waals surface area contributed by atoms with Crippen LogP contribution in [0, 0.1) is 5.92 Å². The van der Waals surface area contributed by atoms with Crippen molar-refractivity contribution in [3.05, 3.63) is 46.7 Å². The first-order valence-corrected chi connectivity index (χ1v) is 8.42. The molecule has 6 heteroatoms. The van der Waals surface area contributed by atoms with E-state index in [9.17, 15) is 4.79 Å². The number of ether oxygens (including phenoxy) is 2. The molecule has 0 aliphatic rings. The van der Waals surface area contributed by atoms with Crippen molar-refractivity contribution in [3.63, 3.8) is 0 Å². The molecule has 6 nitrogen and oxygen atoms in total. The highest BCUT2D eigenvalue weighted by Gasteiger charge is 2.22. The summed E-state index contributed by atoms with van der Waals surface area (Å²) in [5.74, 6) is 1.79. The molecule has 2 heterocycles. The summed E-state index contributed by atoms with van der Waals surface area (Å²) in [5.41, 5.74) is 0.640. The van der Waals surface area contributed by atoms with E-state index >= 15 is 0 Å². The van der Waals surface area contributed by atoms with Crippen LogP contribution < -0.4 is 14.9 Å². The molecular formula is C20H23NO5. The molecule has 0 atom stereocenters. The van der Waals surface area contributed by atoms with Crippen molar-refractivity contribution in [1.29, 1.82) is 0 Å². The molecule has 138 valence electrons. The van der Waals surface area contributed by atoms with Gasteiger partial charge < -0.3 is 23.2 Å². The molecule has 0 aliphatic carbocycles. The fraction of sp³-hybridized carbons (Fsp3) is 0.350. The van der Waals surface area contributed by atoms with Gasteiger partial charge in [-0.05, 0) is 18.2 Å². The second kappa shape index (κ2) is 7.15. The second-order valence-corrected chi connectivity index (χ2v) is 6.51. The quantitative estimate of drug-likeness (QED) is 0.660. The fourth-order valence-corrected chi connectivity index (χ4v) is 2.91. The highest BCUT2D eigenvalue weighted by Crippen LogP contribution is 2.41. The highest BCUT2D eigenvalue weighted by molar-refractivity contribution is 6.06. The Bertz CT molecular complexity index is 1010. The highest BCUT2D eigenvalue weighted by atomic mass is 16.5. The van der Waals surface area contributed by atoms with E-state index in [2.05, 4.69) is 19.9 Å². The maximum Gasteiger partial charge on any atom is 0.206 e. The Morgan fingerprint density at radius 2 is 1.92 bits per heavy atom. The number of fused-ring (bicyclic) bond motifs is 2. The van der Waals surface area contributed by atoms with Crippen LogP contribution >= 0.6 is 0 Å². The average Bonchev–Trinajstić information content (AvgIpc) is 3.07. The Hall–Kier alpha value is -2.89. The van der Waals surface area contributed by atoms with Gasteiger partial charge in [0.15, 0.2) is 16.6 Å². The van der Waals surface area contributed by atoms with E-state index in [0.29, 0.717) is 51.7 Å². The predicted octanol–water partition coefficient (Wildman–Crippen LogP) is 4.16. The zero-order valence-corrected chi connectivity index (χ0v) is 15.7. The van der Waals surface area contributed by atoms with Crippen molar-refractivity contribution in [3.8, 4) is 11.5 Å². The summed E-state index contributed by atoms with van der Waals surface area (Å²) in [6.07, 6.45) is 5.59. The molecular weight excluding hydrogens is 334 g/mol. The Morgan fingerprint density at radius 3 is 2.58 bits per heavy atom. The van der Waals surface area contributed by atoms with Crippen LogP contribution in [0.3, 0.4) is 0 Å². The Labute approximate surface area is 151 Å². The van der Waals surface area contributed by atoms with Crippen molar-refractivity contribution in [1.82, 2.24) is 4.90 Å². The molecule has 0 bridgehead atoms. The monoisotopic (exact) mass is 357 g/mol. The number of methoxy groups -OCH3 is 2. The van der Waals surface area contributed by atoms with E-state index in [1.807, 2.05) is 18.1 Å². The van der Waals surface area contributed by atoms with Gasteiger partial charge in [0, 0.05) is 13.1 Å². The summed E-state index contributed by atoms with van der Waals surface area (Å²) in [4.78, 5) is 14.8. The van der Waals surface area contributed by atoms with E-state index in [1.54, 1.807) is 6.07 Å². The summed E-state index contributed by atoms with van der Waals surface area (Å²) < 4.78 is 22.5. The molecule has 0 amide bonds. The summed E-state index contributed by atoms with van der Waals surface area (Å²) in [6.45, 7) is 4.66. The number of benzene rings is 1. The first kappa shape index (κ1) is 17.9. The summed E-state index contributed by atoms with van der Waals surface area (Å²) in [6, 6.07) is 3.24. The summed E-state index contributed by atoms with van der Waals surface area (Å²) in [7, 11) is 4.97. The largest absolute Gasteiger partial charge is 0.495 e. The van der Waals surface area contributed by atoms with E-state index in [-0.39, 0.29) is 5.43 Å². The summed E-state index contributed by atoms with van der Waals surface area (Å²) >= 11 is 0. The van der Waals surface area contributed by atoms with Crippen LogP contribution in [0.2, 0.25) is 0 Å². The number of rotatable bonds is 6. The molecule has 0 spiro atoms. The van der Waals surface area contributed by atoms with Gasteiger partial charge in [-0.1, -0.05) is 19.9 Å². The third kappa shape index (κ3) is 3.14. The molecule has 0 N–H and O–H groups in total. The summed E-state index contributed by atoms with van der Waals surface area (Å²) in [5, 5.41) is 1.02. The van der Waals surface area contributed by atoms with Gasteiger partial charge in [-0.25, -0.2) is 0 Å². The van der Waals surface area contributed by atoms with Crippen LogP contribution in [-0.4, -0.2) is 26.2 Å². The fourth-order valence-electron chi connectivity index (χ4n) is 2.91. The molecule has 0 saturated heterocycles. The Balaban J connectivity index is 2.18. The topological polar surface area (TPSA) is 65.1 Å². The lowest BCUT2D eigenvalue weighted by molar-refractivity contribution is 0.371. The van der Waals surface area contributed by atoms with Crippen molar-refractivity contribution >= 4 is 21.9 Å². The van der Waals surface area contributed by atoms with E-state index in [4.69, 9.17) is 18.3 Å². The zero-order chi connectivity index (χ0) is 18.8. The molecule has 2 aromatic heterocycles. The number of furan rings is 1. The normalized spacial score (nSPS) is 11.8. The molecule has 0 saturated carbocycles. The first-order chi connectivity index (χ1) is 12.5. The van der Waals surface area contributed by atoms with E-state index in [1.165, 1.54) is 26.5 Å². The number of hydrogen-bond acceptors (Lipinski definition) is 6. The van der Waals surface area contributed by atoms with Gasteiger partial charge in [0.05, 0.1) is 32.4 Å². The predicted molar refractivity (Wildman–Crippen MR) is 101 cm³/mol. The minimum atomic E-state index is -0.180. The smallest absolute Gasteiger partial charge is 0.206 e. The van der Waals surface area contributed by atoms with Crippen molar-refractivity contribution < 1.29 is 18.3 Å². The molecule has 0 unspecified atom stereocenters. The Kier molecular flexibility index (Phi) is 4.93. The van der Waals surface area contributed by atoms with E-state index < -0.39 is 0 Å². The van der Waals surface area contributed by atoms with Crippen LogP contribution in [-0.2, 0) is 6.54 Å². The lowest BCUT2D eigenvalue weighted by atomic mass is 10.1.